The fraction of sp³-hybridized carbons (Fsp3) is 0.429. The summed E-state index contributed by atoms with van der Waals surface area (Å²) in [6, 6.07) is 6.49. The summed E-state index contributed by atoms with van der Waals surface area (Å²) in [4.78, 5) is 1.04. The van der Waals surface area contributed by atoms with Crippen LogP contribution in [0.5, 0.6) is 0 Å². The third kappa shape index (κ3) is 3.50. The van der Waals surface area contributed by atoms with Crippen molar-refractivity contribution in [3.8, 4) is 0 Å². The highest BCUT2D eigenvalue weighted by atomic mass is 32.2. The first kappa shape index (κ1) is 14.8. The molecule has 0 saturated carbocycles. The van der Waals surface area contributed by atoms with E-state index in [-0.39, 0.29) is 11.2 Å². The van der Waals surface area contributed by atoms with E-state index >= 15 is 0 Å². The number of nitrogen functional groups attached to an aromatic ring is 1. The number of nitrogens with two attached hydrogens (primary N) is 1. The van der Waals surface area contributed by atoms with E-state index in [4.69, 9.17) is 5.73 Å². The number of nitrogens with zero attached hydrogens (tertiary/aromatic N) is 3. The lowest BCUT2D eigenvalue weighted by Crippen LogP contribution is -2.20. The molecule has 0 aliphatic rings. The zero-order valence-electron chi connectivity index (χ0n) is 11.9. The number of hydrogen-bond acceptors (Lipinski definition) is 4. The molecule has 0 radical (unpaired) electrons. The van der Waals surface area contributed by atoms with Crippen LogP contribution in [0.2, 0.25) is 0 Å². The van der Waals surface area contributed by atoms with Crippen LogP contribution in [0, 0.1) is 5.82 Å². The van der Waals surface area contributed by atoms with Crippen molar-refractivity contribution in [3.05, 3.63) is 35.8 Å². The molecule has 1 heterocycles. The predicted octanol–water partition coefficient (Wildman–Crippen LogP) is 3.09. The quantitative estimate of drug-likeness (QED) is 0.880. The lowest BCUT2D eigenvalue weighted by Gasteiger charge is -2.20. The number of thioether (sulfide) groups is 1. The Morgan fingerprint density at radius 2 is 1.90 bits per heavy atom. The maximum absolute atomic E-state index is 12.8. The number of rotatable bonds is 4. The van der Waals surface area contributed by atoms with Gasteiger partial charge in [0.2, 0.25) is 0 Å². The van der Waals surface area contributed by atoms with Gasteiger partial charge in [0.1, 0.15) is 5.82 Å². The van der Waals surface area contributed by atoms with Crippen LogP contribution in [0.4, 0.5) is 10.2 Å². The van der Waals surface area contributed by atoms with E-state index in [0.29, 0.717) is 5.82 Å². The molecule has 2 N–H and O–H groups in total. The van der Waals surface area contributed by atoms with Gasteiger partial charge in [0.25, 0.3) is 0 Å². The number of benzene rings is 1. The van der Waals surface area contributed by atoms with Gasteiger partial charge in [-0.1, -0.05) is 26.0 Å². The molecule has 0 saturated heterocycles. The number of aromatic nitrogens is 3. The second-order valence-corrected chi connectivity index (χ2v) is 6.77. The van der Waals surface area contributed by atoms with Crippen LogP contribution < -0.4 is 5.73 Å². The van der Waals surface area contributed by atoms with Gasteiger partial charge in [-0.3, -0.25) is 0 Å². The molecule has 20 heavy (non-hydrogen) atoms. The van der Waals surface area contributed by atoms with E-state index in [0.717, 1.165) is 22.9 Å². The van der Waals surface area contributed by atoms with Crippen LogP contribution >= 0.6 is 11.8 Å². The predicted molar refractivity (Wildman–Crippen MR) is 80.3 cm³/mol. The van der Waals surface area contributed by atoms with Crippen LogP contribution in [0.3, 0.4) is 0 Å². The van der Waals surface area contributed by atoms with E-state index in [2.05, 4.69) is 31.1 Å². The average molecular weight is 294 g/mol. The van der Waals surface area contributed by atoms with Gasteiger partial charge < -0.3 is 5.73 Å². The SMILES string of the molecule is CC(C)(C)c1c(N)nnn1CCSc1ccc(F)cc1. The highest BCUT2D eigenvalue weighted by molar-refractivity contribution is 7.99. The summed E-state index contributed by atoms with van der Waals surface area (Å²) in [5, 5.41) is 8.05. The van der Waals surface area contributed by atoms with Crippen LogP contribution in [-0.4, -0.2) is 20.7 Å². The zero-order valence-corrected chi connectivity index (χ0v) is 12.7. The molecule has 0 aliphatic heterocycles. The maximum atomic E-state index is 12.8. The molecule has 108 valence electrons. The van der Waals surface area contributed by atoms with Crippen LogP contribution in [0.25, 0.3) is 0 Å². The van der Waals surface area contributed by atoms with Gasteiger partial charge >= 0.3 is 0 Å². The monoisotopic (exact) mass is 294 g/mol. The van der Waals surface area contributed by atoms with E-state index < -0.39 is 0 Å². The average Bonchev–Trinajstić information content (AvgIpc) is 2.73. The minimum Gasteiger partial charge on any atom is -0.381 e. The summed E-state index contributed by atoms with van der Waals surface area (Å²) in [6.45, 7) is 6.99. The molecule has 0 fully saturated rings. The fourth-order valence-corrected chi connectivity index (χ4v) is 2.86. The summed E-state index contributed by atoms with van der Waals surface area (Å²) < 4.78 is 14.7. The van der Waals surface area contributed by atoms with E-state index in [1.54, 1.807) is 23.9 Å². The minimum atomic E-state index is -0.214. The molecule has 4 nitrogen and oxygen atoms in total. The first-order valence-electron chi connectivity index (χ1n) is 6.46. The summed E-state index contributed by atoms with van der Waals surface area (Å²) in [6.07, 6.45) is 0. The fourth-order valence-electron chi connectivity index (χ4n) is 2.04. The van der Waals surface area contributed by atoms with Gasteiger partial charge in [0.15, 0.2) is 5.82 Å². The molecule has 0 atom stereocenters. The first-order chi connectivity index (χ1) is 9.38. The Bertz CT molecular complexity index is 572. The van der Waals surface area contributed by atoms with Gasteiger partial charge in [-0.15, -0.1) is 16.9 Å². The Morgan fingerprint density at radius 1 is 1.25 bits per heavy atom. The highest BCUT2D eigenvalue weighted by Gasteiger charge is 2.23. The molecular formula is C14H19FN4S. The maximum Gasteiger partial charge on any atom is 0.169 e. The summed E-state index contributed by atoms with van der Waals surface area (Å²) in [7, 11) is 0. The van der Waals surface area contributed by atoms with Crippen molar-refractivity contribution in [2.75, 3.05) is 11.5 Å². The Balaban J connectivity index is 2.00. The van der Waals surface area contributed by atoms with Gasteiger partial charge in [-0.05, 0) is 24.3 Å². The molecule has 1 aromatic carbocycles. The Morgan fingerprint density at radius 3 is 2.50 bits per heavy atom. The lowest BCUT2D eigenvalue weighted by molar-refractivity contribution is 0.496. The molecule has 0 amide bonds. The van der Waals surface area contributed by atoms with Gasteiger partial charge in [-0.2, -0.15) is 0 Å². The van der Waals surface area contributed by atoms with Crippen molar-refractivity contribution in [1.82, 2.24) is 15.0 Å². The van der Waals surface area contributed by atoms with Gasteiger partial charge in [-0.25, -0.2) is 9.07 Å². The van der Waals surface area contributed by atoms with Crippen LogP contribution in [-0.2, 0) is 12.0 Å². The van der Waals surface area contributed by atoms with E-state index in [1.807, 2.05) is 4.68 Å². The van der Waals surface area contributed by atoms with Crippen molar-refractivity contribution >= 4 is 17.6 Å². The van der Waals surface area contributed by atoms with Crippen molar-refractivity contribution < 1.29 is 4.39 Å². The normalized spacial score (nSPS) is 11.8. The molecule has 0 bridgehead atoms. The summed E-state index contributed by atoms with van der Waals surface area (Å²) >= 11 is 1.66. The Labute approximate surface area is 122 Å². The number of hydrogen-bond donors (Lipinski definition) is 1. The largest absolute Gasteiger partial charge is 0.381 e. The smallest absolute Gasteiger partial charge is 0.169 e. The van der Waals surface area contributed by atoms with Gasteiger partial charge in [0, 0.05) is 16.1 Å². The van der Waals surface area contributed by atoms with E-state index in [9.17, 15) is 4.39 Å². The summed E-state index contributed by atoms with van der Waals surface area (Å²) in [5.41, 5.74) is 6.75. The number of anilines is 1. The van der Waals surface area contributed by atoms with Crippen molar-refractivity contribution in [1.29, 1.82) is 0 Å². The number of aryl methyl sites for hydroxylation is 1. The molecular weight excluding hydrogens is 275 g/mol. The molecule has 0 aliphatic carbocycles. The molecule has 2 rings (SSSR count). The topological polar surface area (TPSA) is 56.7 Å². The Kier molecular flexibility index (Phi) is 4.32. The minimum absolute atomic E-state index is 0.0892. The standard InChI is InChI=1S/C14H19FN4S/c1-14(2,3)12-13(16)17-18-19(12)8-9-20-11-6-4-10(15)5-7-11/h4-7H,8-9,16H2,1-3H3. The zero-order chi connectivity index (χ0) is 14.8. The molecule has 0 unspecified atom stereocenters. The van der Waals surface area contributed by atoms with Crippen molar-refractivity contribution in [3.63, 3.8) is 0 Å². The second-order valence-electron chi connectivity index (χ2n) is 5.60. The lowest BCUT2D eigenvalue weighted by atomic mass is 9.92. The van der Waals surface area contributed by atoms with E-state index in [1.165, 1.54) is 12.1 Å². The Hall–Kier alpha value is -1.56. The molecule has 2 aromatic rings. The number of halogens is 1. The van der Waals surface area contributed by atoms with Crippen molar-refractivity contribution in [2.45, 2.75) is 37.6 Å². The molecule has 0 spiro atoms. The molecule has 6 heteroatoms. The van der Waals surface area contributed by atoms with Crippen LogP contribution in [0.1, 0.15) is 26.5 Å². The third-order valence-corrected chi connectivity index (χ3v) is 3.85. The van der Waals surface area contributed by atoms with Crippen molar-refractivity contribution in [2.24, 2.45) is 0 Å². The molecule has 1 aromatic heterocycles. The van der Waals surface area contributed by atoms with Crippen LogP contribution in [0.15, 0.2) is 29.2 Å². The van der Waals surface area contributed by atoms with Gasteiger partial charge in [0.05, 0.1) is 12.2 Å². The summed E-state index contributed by atoms with van der Waals surface area (Å²) in [5.74, 6) is 1.11. The second kappa shape index (κ2) is 5.83. The highest BCUT2D eigenvalue weighted by Crippen LogP contribution is 2.26. The first-order valence-corrected chi connectivity index (χ1v) is 7.44. The third-order valence-electron chi connectivity index (χ3n) is 2.86.